The third-order valence-electron chi connectivity index (χ3n) is 3.96. The molecule has 0 saturated carbocycles. The number of nitrogens with zero attached hydrogens (tertiary/aromatic N) is 4. The summed E-state index contributed by atoms with van der Waals surface area (Å²) in [6.45, 7) is 3.54. The van der Waals surface area contributed by atoms with Crippen molar-refractivity contribution in [1.29, 1.82) is 5.26 Å². The Balaban J connectivity index is 1.92. The average molecular weight is 268 g/mol. The molecule has 2 aromatic heterocycles. The Kier molecular flexibility index (Phi) is 2.87. The minimum absolute atomic E-state index is 0.0195. The molecule has 2 aromatic rings. The smallest absolute Gasteiger partial charge is 0.271 e. The molecular weight excluding hydrogens is 252 g/mol. The Morgan fingerprint density at radius 1 is 1.45 bits per heavy atom. The molecule has 3 rings (SSSR count). The van der Waals surface area contributed by atoms with Crippen LogP contribution < -0.4 is 0 Å². The predicted octanol–water partition coefficient (Wildman–Crippen LogP) is 1.92. The molecule has 5 heteroatoms. The summed E-state index contributed by atoms with van der Waals surface area (Å²) in [5.41, 5.74) is 2.23. The Morgan fingerprint density at radius 3 is 2.95 bits per heavy atom. The zero-order chi connectivity index (χ0) is 14.3. The predicted molar refractivity (Wildman–Crippen MR) is 74.0 cm³/mol. The SMILES string of the molecule is CC1c2cccn2CCN1C(=O)c1cc(C#N)cn1C. The number of carbonyl (C=O) groups excluding carboxylic acids is 1. The average Bonchev–Trinajstić information content (AvgIpc) is 3.05. The highest BCUT2D eigenvalue weighted by atomic mass is 16.2. The first kappa shape index (κ1) is 12.5. The zero-order valence-corrected chi connectivity index (χ0v) is 11.6. The van der Waals surface area contributed by atoms with Gasteiger partial charge in [0.05, 0.1) is 11.6 Å². The Hall–Kier alpha value is -2.48. The maximum absolute atomic E-state index is 12.7. The van der Waals surface area contributed by atoms with Gasteiger partial charge < -0.3 is 14.0 Å². The van der Waals surface area contributed by atoms with Gasteiger partial charge in [-0.25, -0.2) is 0 Å². The van der Waals surface area contributed by atoms with Crippen LogP contribution in [0.3, 0.4) is 0 Å². The van der Waals surface area contributed by atoms with Crippen molar-refractivity contribution in [2.24, 2.45) is 7.05 Å². The third-order valence-corrected chi connectivity index (χ3v) is 3.96. The van der Waals surface area contributed by atoms with E-state index < -0.39 is 0 Å². The number of nitriles is 1. The quantitative estimate of drug-likeness (QED) is 0.793. The second kappa shape index (κ2) is 4.57. The maximum Gasteiger partial charge on any atom is 0.271 e. The molecule has 0 radical (unpaired) electrons. The largest absolute Gasteiger partial charge is 0.348 e. The Bertz CT molecular complexity index is 704. The van der Waals surface area contributed by atoms with Gasteiger partial charge in [-0.1, -0.05) is 0 Å². The molecule has 5 nitrogen and oxygen atoms in total. The first-order valence-corrected chi connectivity index (χ1v) is 6.64. The van der Waals surface area contributed by atoms with Gasteiger partial charge in [-0.3, -0.25) is 4.79 Å². The number of aromatic nitrogens is 2. The van der Waals surface area contributed by atoms with Crippen LogP contribution in [0.1, 0.15) is 34.7 Å². The van der Waals surface area contributed by atoms with Gasteiger partial charge in [-0.15, -0.1) is 0 Å². The molecule has 20 heavy (non-hydrogen) atoms. The monoisotopic (exact) mass is 268 g/mol. The van der Waals surface area contributed by atoms with E-state index in [-0.39, 0.29) is 11.9 Å². The van der Waals surface area contributed by atoms with Gasteiger partial charge in [0.1, 0.15) is 11.8 Å². The summed E-state index contributed by atoms with van der Waals surface area (Å²) in [4.78, 5) is 14.5. The van der Waals surface area contributed by atoms with Crippen molar-refractivity contribution in [1.82, 2.24) is 14.0 Å². The molecule has 102 valence electrons. The van der Waals surface area contributed by atoms with Crippen LogP contribution in [0.2, 0.25) is 0 Å². The minimum Gasteiger partial charge on any atom is -0.348 e. The summed E-state index contributed by atoms with van der Waals surface area (Å²) in [7, 11) is 1.80. The van der Waals surface area contributed by atoms with E-state index in [0.717, 1.165) is 12.2 Å². The van der Waals surface area contributed by atoms with Crippen LogP contribution in [0.15, 0.2) is 30.6 Å². The molecule has 0 aromatic carbocycles. The molecule has 0 aliphatic carbocycles. The summed E-state index contributed by atoms with van der Waals surface area (Å²) in [6, 6.07) is 7.84. The van der Waals surface area contributed by atoms with E-state index >= 15 is 0 Å². The fraction of sp³-hybridized carbons (Fsp3) is 0.333. The molecule has 0 spiro atoms. The Morgan fingerprint density at radius 2 is 2.25 bits per heavy atom. The normalized spacial score (nSPS) is 17.6. The molecule has 0 bridgehead atoms. The summed E-state index contributed by atoms with van der Waals surface area (Å²) in [5.74, 6) is -0.0195. The lowest BCUT2D eigenvalue weighted by Crippen LogP contribution is -2.41. The standard InChI is InChI=1S/C15H16N4O/c1-11-13-4-3-5-18(13)6-7-19(11)15(20)14-8-12(9-16)10-17(14)2/h3-5,8,10-11H,6-7H2,1-2H3. The second-order valence-electron chi connectivity index (χ2n) is 5.14. The lowest BCUT2D eigenvalue weighted by Gasteiger charge is -2.35. The third kappa shape index (κ3) is 1.81. The van der Waals surface area contributed by atoms with Gasteiger partial charge in [0, 0.05) is 38.2 Å². The summed E-state index contributed by atoms with van der Waals surface area (Å²) in [6.07, 6.45) is 3.73. The van der Waals surface area contributed by atoms with E-state index in [2.05, 4.69) is 16.7 Å². The van der Waals surface area contributed by atoms with E-state index in [1.807, 2.05) is 24.1 Å². The van der Waals surface area contributed by atoms with Crippen molar-refractivity contribution in [3.63, 3.8) is 0 Å². The molecular formula is C15H16N4O. The maximum atomic E-state index is 12.7. The number of carbonyl (C=O) groups is 1. The van der Waals surface area contributed by atoms with E-state index in [1.165, 1.54) is 0 Å². The lowest BCUT2D eigenvalue weighted by molar-refractivity contribution is 0.0634. The van der Waals surface area contributed by atoms with Crippen LogP contribution in [0.5, 0.6) is 0 Å². The van der Waals surface area contributed by atoms with Gasteiger partial charge in [0.25, 0.3) is 5.91 Å². The van der Waals surface area contributed by atoms with E-state index in [4.69, 9.17) is 5.26 Å². The summed E-state index contributed by atoms with van der Waals surface area (Å²) < 4.78 is 3.90. The fourth-order valence-corrected chi connectivity index (χ4v) is 2.84. The highest BCUT2D eigenvalue weighted by Crippen LogP contribution is 2.27. The molecule has 1 aliphatic heterocycles. The summed E-state index contributed by atoms with van der Waals surface area (Å²) >= 11 is 0. The van der Waals surface area contributed by atoms with Crippen LogP contribution in [0, 0.1) is 11.3 Å². The summed E-state index contributed by atoms with van der Waals surface area (Å²) in [5, 5.41) is 8.93. The van der Waals surface area contributed by atoms with Crippen LogP contribution in [0.4, 0.5) is 0 Å². The van der Waals surface area contributed by atoms with E-state index in [9.17, 15) is 4.79 Å². The molecule has 0 saturated heterocycles. The molecule has 1 unspecified atom stereocenters. The van der Waals surface area contributed by atoms with Crippen molar-refractivity contribution in [3.8, 4) is 6.07 Å². The van der Waals surface area contributed by atoms with Crippen molar-refractivity contribution >= 4 is 5.91 Å². The van der Waals surface area contributed by atoms with E-state index in [1.54, 1.807) is 23.9 Å². The van der Waals surface area contributed by atoms with Gasteiger partial charge in [0.15, 0.2) is 0 Å². The number of aryl methyl sites for hydroxylation is 1. The highest BCUT2D eigenvalue weighted by Gasteiger charge is 2.29. The van der Waals surface area contributed by atoms with Crippen LogP contribution in [0.25, 0.3) is 0 Å². The topological polar surface area (TPSA) is 54.0 Å². The highest BCUT2D eigenvalue weighted by molar-refractivity contribution is 5.93. The molecule has 1 atom stereocenters. The van der Waals surface area contributed by atoms with Crippen molar-refractivity contribution in [2.45, 2.75) is 19.5 Å². The molecule has 3 heterocycles. The fourth-order valence-electron chi connectivity index (χ4n) is 2.84. The van der Waals surface area contributed by atoms with Crippen molar-refractivity contribution in [2.75, 3.05) is 6.54 Å². The first-order chi connectivity index (χ1) is 9.61. The molecule has 1 aliphatic rings. The number of hydrogen-bond acceptors (Lipinski definition) is 2. The van der Waals surface area contributed by atoms with Gasteiger partial charge in [-0.2, -0.15) is 5.26 Å². The minimum atomic E-state index is -0.0195. The van der Waals surface area contributed by atoms with Crippen LogP contribution in [-0.4, -0.2) is 26.5 Å². The zero-order valence-electron chi connectivity index (χ0n) is 11.6. The van der Waals surface area contributed by atoms with Crippen molar-refractivity contribution in [3.05, 3.63) is 47.5 Å². The molecule has 1 amide bonds. The van der Waals surface area contributed by atoms with Crippen LogP contribution in [-0.2, 0) is 13.6 Å². The number of amides is 1. The lowest BCUT2D eigenvalue weighted by atomic mass is 10.1. The Labute approximate surface area is 117 Å². The second-order valence-corrected chi connectivity index (χ2v) is 5.14. The molecule has 0 N–H and O–H groups in total. The van der Waals surface area contributed by atoms with Gasteiger partial charge >= 0.3 is 0 Å². The van der Waals surface area contributed by atoms with Gasteiger partial charge in [-0.05, 0) is 25.1 Å². The number of fused-ring (bicyclic) bond motifs is 1. The van der Waals surface area contributed by atoms with Crippen molar-refractivity contribution < 1.29 is 4.79 Å². The number of hydrogen-bond donors (Lipinski definition) is 0. The molecule has 0 fully saturated rings. The first-order valence-electron chi connectivity index (χ1n) is 6.64. The number of rotatable bonds is 1. The van der Waals surface area contributed by atoms with Crippen LogP contribution >= 0.6 is 0 Å². The van der Waals surface area contributed by atoms with E-state index in [0.29, 0.717) is 17.8 Å². The van der Waals surface area contributed by atoms with Gasteiger partial charge in [0.2, 0.25) is 0 Å².